The van der Waals surface area contributed by atoms with Gasteiger partial charge in [0.25, 0.3) is 0 Å². The number of nitrogen functional groups attached to an aromatic ring is 1. The van der Waals surface area contributed by atoms with E-state index in [9.17, 15) is 0 Å². The average Bonchev–Trinajstić information content (AvgIpc) is 2.78. The zero-order valence-electron chi connectivity index (χ0n) is 11.8. The number of hydrogen-bond donors (Lipinski definition) is 2. The molecule has 6 nitrogen and oxygen atoms in total. The Morgan fingerprint density at radius 3 is 2.43 bits per heavy atom. The van der Waals surface area contributed by atoms with Gasteiger partial charge >= 0.3 is 0 Å². The van der Waals surface area contributed by atoms with E-state index in [1.54, 1.807) is 11.3 Å². The van der Waals surface area contributed by atoms with E-state index in [2.05, 4.69) is 31.4 Å². The third-order valence-electron chi connectivity index (χ3n) is 2.76. The number of fused-ring (bicyclic) bond motifs is 1. The molecule has 0 saturated carbocycles. The monoisotopic (exact) mass is 318 g/mol. The summed E-state index contributed by atoms with van der Waals surface area (Å²) in [5.41, 5.74) is 4.39. The van der Waals surface area contributed by atoms with Crippen molar-refractivity contribution in [3.63, 3.8) is 0 Å². The summed E-state index contributed by atoms with van der Waals surface area (Å²) in [6.45, 7) is 5.95. The van der Waals surface area contributed by atoms with E-state index in [1.165, 1.54) is 16.6 Å². The lowest BCUT2D eigenvalue weighted by Gasteiger charge is -2.05. The van der Waals surface area contributed by atoms with E-state index in [1.807, 2.05) is 26.8 Å². The van der Waals surface area contributed by atoms with Crippen LogP contribution in [-0.4, -0.2) is 19.9 Å². The Morgan fingerprint density at radius 2 is 1.76 bits per heavy atom. The molecule has 0 bridgehead atoms. The summed E-state index contributed by atoms with van der Waals surface area (Å²) in [4.78, 5) is 19.8. The molecule has 0 aliphatic carbocycles. The SMILES string of the molecule is Cc1cc(C)nc(Sc2nc(NN)nc3sc(C)cc23)n1. The zero-order valence-corrected chi connectivity index (χ0v) is 13.5. The van der Waals surface area contributed by atoms with Crippen LogP contribution in [0.4, 0.5) is 5.95 Å². The normalized spacial score (nSPS) is 11.0. The quantitative estimate of drug-likeness (QED) is 0.332. The number of nitrogens with two attached hydrogens (primary N) is 1. The highest BCUT2D eigenvalue weighted by Crippen LogP contribution is 2.34. The van der Waals surface area contributed by atoms with Gasteiger partial charge < -0.3 is 0 Å². The topological polar surface area (TPSA) is 89.6 Å². The summed E-state index contributed by atoms with van der Waals surface area (Å²) < 4.78 is 0. The molecule has 0 radical (unpaired) electrons. The van der Waals surface area contributed by atoms with Crippen molar-refractivity contribution in [1.82, 2.24) is 19.9 Å². The van der Waals surface area contributed by atoms with E-state index in [4.69, 9.17) is 5.84 Å². The predicted molar refractivity (Wildman–Crippen MR) is 85.6 cm³/mol. The lowest BCUT2D eigenvalue weighted by molar-refractivity contribution is 0.899. The van der Waals surface area contributed by atoms with Crippen molar-refractivity contribution in [3.8, 4) is 0 Å². The van der Waals surface area contributed by atoms with Gasteiger partial charge in [-0.1, -0.05) is 0 Å². The molecule has 0 aliphatic rings. The molecule has 0 aromatic carbocycles. The first-order valence-electron chi connectivity index (χ1n) is 6.30. The Morgan fingerprint density at radius 1 is 1.05 bits per heavy atom. The fraction of sp³-hybridized carbons (Fsp3) is 0.231. The van der Waals surface area contributed by atoms with Crippen LogP contribution in [0.3, 0.4) is 0 Å². The van der Waals surface area contributed by atoms with E-state index in [-0.39, 0.29) is 0 Å². The first-order valence-corrected chi connectivity index (χ1v) is 7.93. The van der Waals surface area contributed by atoms with Gasteiger partial charge in [-0.15, -0.1) is 11.3 Å². The number of rotatable bonds is 3. The molecule has 0 unspecified atom stereocenters. The minimum atomic E-state index is 0.399. The van der Waals surface area contributed by atoms with Crippen LogP contribution in [0.15, 0.2) is 22.3 Å². The van der Waals surface area contributed by atoms with Crippen molar-refractivity contribution in [2.45, 2.75) is 31.0 Å². The van der Waals surface area contributed by atoms with Gasteiger partial charge in [0, 0.05) is 21.7 Å². The number of hydrogen-bond acceptors (Lipinski definition) is 8. The van der Waals surface area contributed by atoms with Gasteiger partial charge in [0.2, 0.25) is 5.95 Å². The summed E-state index contributed by atoms with van der Waals surface area (Å²) in [6, 6.07) is 4.02. The van der Waals surface area contributed by atoms with Crippen LogP contribution in [0.25, 0.3) is 10.2 Å². The Balaban J connectivity index is 2.10. The molecule has 21 heavy (non-hydrogen) atoms. The molecule has 3 rings (SSSR count). The van der Waals surface area contributed by atoms with Crippen LogP contribution in [0.5, 0.6) is 0 Å². The average molecular weight is 318 g/mol. The van der Waals surface area contributed by atoms with Gasteiger partial charge in [0.05, 0.1) is 0 Å². The lowest BCUT2D eigenvalue weighted by atomic mass is 10.4. The summed E-state index contributed by atoms with van der Waals surface area (Å²) in [6.07, 6.45) is 0. The smallest absolute Gasteiger partial charge is 0.239 e. The molecule has 0 saturated heterocycles. The summed E-state index contributed by atoms with van der Waals surface area (Å²) in [5.74, 6) is 5.85. The van der Waals surface area contributed by atoms with Crippen molar-refractivity contribution >= 4 is 39.3 Å². The van der Waals surface area contributed by atoms with Gasteiger partial charge in [0.15, 0.2) is 5.16 Å². The maximum atomic E-state index is 5.45. The minimum absolute atomic E-state index is 0.399. The molecule has 108 valence electrons. The molecule has 8 heteroatoms. The van der Waals surface area contributed by atoms with Crippen molar-refractivity contribution in [2.24, 2.45) is 5.84 Å². The highest BCUT2D eigenvalue weighted by molar-refractivity contribution is 7.99. The molecule has 0 spiro atoms. The van der Waals surface area contributed by atoms with E-state index in [0.717, 1.165) is 26.6 Å². The van der Waals surface area contributed by atoms with E-state index in [0.29, 0.717) is 11.1 Å². The zero-order chi connectivity index (χ0) is 15.0. The second kappa shape index (κ2) is 5.55. The maximum absolute atomic E-state index is 5.45. The lowest BCUT2D eigenvalue weighted by Crippen LogP contribution is -2.10. The van der Waals surface area contributed by atoms with E-state index < -0.39 is 0 Å². The Kier molecular flexibility index (Phi) is 3.75. The molecule has 3 N–H and O–H groups in total. The minimum Gasteiger partial charge on any atom is -0.292 e. The van der Waals surface area contributed by atoms with E-state index >= 15 is 0 Å². The number of nitrogens with one attached hydrogen (secondary N) is 1. The first kappa shape index (κ1) is 14.2. The second-order valence-corrected chi connectivity index (χ2v) is 6.80. The first-order chi connectivity index (χ1) is 10.0. The highest BCUT2D eigenvalue weighted by atomic mass is 32.2. The molecular weight excluding hydrogens is 304 g/mol. The standard InChI is InChI=1S/C13H14N6S2/c1-6-4-7(2)16-13(15-6)21-11-9-5-8(3)20-10(9)17-12(18-11)19-14/h4-5H,14H2,1-3H3,(H,17,18,19). The van der Waals surface area contributed by atoms with Gasteiger partial charge in [-0.05, 0) is 44.7 Å². The van der Waals surface area contributed by atoms with Gasteiger partial charge in [-0.2, -0.15) is 0 Å². The largest absolute Gasteiger partial charge is 0.292 e. The Bertz CT molecular complexity index is 794. The number of anilines is 1. The van der Waals surface area contributed by atoms with Crippen molar-refractivity contribution in [2.75, 3.05) is 5.43 Å². The number of aromatic nitrogens is 4. The van der Waals surface area contributed by atoms with Crippen LogP contribution in [0, 0.1) is 20.8 Å². The summed E-state index contributed by atoms with van der Waals surface area (Å²) in [7, 11) is 0. The molecule has 3 aromatic heterocycles. The molecule has 0 fully saturated rings. The fourth-order valence-electron chi connectivity index (χ4n) is 1.98. The third-order valence-corrected chi connectivity index (χ3v) is 4.57. The summed E-state index contributed by atoms with van der Waals surface area (Å²) in [5, 5.41) is 2.49. The third kappa shape index (κ3) is 2.97. The maximum Gasteiger partial charge on any atom is 0.239 e. The Hall–Kier alpha value is -1.77. The molecule has 3 aromatic rings. The highest BCUT2D eigenvalue weighted by Gasteiger charge is 2.13. The Labute approximate surface area is 130 Å². The van der Waals surface area contributed by atoms with Crippen molar-refractivity contribution < 1.29 is 0 Å². The molecule has 0 aliphatic heterocycles. The number of thiophene rings is 1. The van der Waals surface area contributed by atoms with Crippen LogP contribution in [-0.2, 0) is 0 Å². The molecule has 0 amide bonds. The van der Waals surface area contributed by atoms with Crippen LogP contribution < -0.4 is 11.3 Å². The summed E-state index contributed by atoms with van der Waals surface area (Å²) >= 11 is 3.04. The predicted octanol–water partition coefficient (Wildman–Crippen LogP) is 2.84. The second-order valence-electron chi connectivity index (χ2n) is 4.61. The van der Waals surface area contributed by atoms with Crippen LogP contribution in [0.2, 0.25) is 0 Å². The molecule has 0 atom stereocenters. The van der Waals surface area contributed by atoms with Crippen LogP contribution in [0.1, 0.15) is 16.3 Å². The van der Waals surface area contributed by atoms with Gasteiger partial charge in [-0.25, -0.2) is 25.8 Å². The van der Waals surface area contributed by atoms with Gasteiger partial charge in [0.1, 0.15) is 9.86 Å². The number of hydrazine groups is 1. The fourth-order valence-corrected chi connectivity index (χ4v) is 3.88. The molecular formula is C13H14N6S2. The van der Waals surface area contributed by atoms with Crippen molar-refractivity contribution in [1.29, 1.82) is 0 Å². The number of aryl methyl sites for hydroxylation is 3. The van der Waals surface area contributed by atoms with Crippen LogP contribution >= 0.6 is 23.1 Å². The molecule has 3 heterocycles. The van der Waals surface area contributed by atoms with Crippen molar-refractivity contribution in [3.05, 3.63) is 28.4 Å². The van der Waals surface area contributed by atoms with Gasteiger partial charge in [-0.3, -0.25) is 5.43 Å². The number of nitrogens with zero attached hydrogens (tertiary/aromatic N) is 4.